The number of aliphatic carboxylic acids is 1. The number of nitrogens with zero attached hydrogens (tertiary/aromatic N) is 2. The van der Waals surface area contributed by atoms with Gasteiger partial charge in [0.05, 0.1) is 17.0 Å². The Morgan fingerprint density at radius 2 is 1.84 bits per heavy atom. The van der Waals surface area contributed by atoms with Crippen LogP contribution in [0.5, 0.6) is 0 Å². The molecule has 2 aromatic rings. The number of fused-ring (bicyclic) bond motifs is 1. The summed E-state index contributed by atoms with van der Waals surface area (Å²) in [6.07, 6.45) is 3.30. The second kappa shape index (κ2) is 6.35. The first kappa shape index (κ1) is 15.9. The van der Waals surface area contributed by atoms with Crippen molar-refractivity contribution < 1.29 is 14.7 Å². The van der Waals surface area contributed by atoms with Crippen LogP contribution in [0.15, 0.2) is 30.3 Å². The van der Waals surface area contributed by atoms with Crippen molar-refractivity contribution in [2.24, 2.45) is 5.92 Å². The lowest BCUT2D eigenvalue weighted by atomic mass is 9.97. The summed E-state index contributed by atoms with van der Waals surface area (Å²) in [5, 5.41) is 13.1. The monoisotopic (exact) mass is 339 g/mol. The molecule has 1 aliphatic heterocycles. The van der Waals surface area contributed by atoms with E-state index >= 15 is 0 Å². The number of hydrogen-bond donors (Lipinski definition) is 2. The van der Waals surface area contributed by atoms with Gasteiger partial charge in [-0.1, -0.05) is 18.2 Å². The first-order chi connectivity index (χ1) is 12.1. The zero-order valence-corrected chi connectivity index (χ0v) is 13.9. The number of anilines is 1. The number of carboxylic acid groups (broad SMARTS) is 1. The van der Waals surface area contributed by atoms with E-state index in [0.29, 0.717) is 37.5 Å². The van der Waals surface area contributed by atoms with E-state index in [1.165, 1.54) is 0 Å². The van der Waals surface area contributed by atoms with Crippen LogP contribution in [0.2, 0.25) is 0 Å². The number of hydrogen-bond acceptors (Lipinski definition) is 4. The normalized spacial score (nSPS) is 18.3. The molecule has 2 N–H and O–H groups in total. The number of amides is 1. The number of rotatable bonds is 4. The molecule has 1 aliphatic carbocycles. The molecule has 1 saturated carbocycles. The molecule has 1 saturated heterocycles. The quantitative estimate of drug-likeness (QED) is 0.894. The van der Waals surface area contributed by atoms with Crippen LogP contribution in [0, 0.1) is 5.92 Å². The maximum Gasteiger partial charge on any atom is 0.306 e. The highest BCUT2D eigenvalue weighted by Gasteiger charge is 2.27. The molecule has 6 heteroatoms. The van der Waals surface area contributed by atoms with Crippen LogP contribution in [0.3, 0.4) is 0 Å². The van der Waals surface area contributed by atoms with Gasteiger partial charge in [0.25, 0.3) is 5.91 Å². The summed E-state index contributed by atoms with van der Waals surface area (Å²) in [7, 11) is 0. The predicted molar refractivity (Wildman–Crippen MR) is 94.8 cm³/mol. The number of nitrogens with one attached hydrogen (secondary N) is 1. The molecule has 1 aromatic heterocycles. The number of carboxylic acids is 1. The summed E-state index contributed by atoms with van der Waals surface area (Å²) in [5.41, 5.74) is 1.44. The fourth-order valence-corrected chi connectivity index (χ4v) is 3.36. The van der Waals surface area contributed by atoms with Crippen LogP contribution in [0.25, 0.3) is 10.9 Å². The van der Waals surface area contributed by atoms with Gasteiger partial charge in [0.1, 0.15) is 5.82 Å². The van der Waals surface area contributed by atoms with Gasteiger partial charge in [-0.15, -0.1) is 0 Å². The van der Waals surface area contributed by atoms with Crippen molar-refractivity contribution in [3.63, 3.8) is 0 Å². The van der Waals surface area contributed by atoms with Crippen LogP contribution in [-0.4, -0.2) is 41.1 Å². The van der Waals surface area contributed by atoms with E-state index < -0.39 is 5.97 Å². The van der Waals surface area contributed by atoms with Crippen LogP contribution < -0.4 is 10.2 Å². The molecule has 0 atom stereocenters. The molecule has 0 spiro atoms. The minimum absolute atomic E-state index is 0.0530. The Balaban J connectivity index is 1.65. The van der Waals surface area contributed by atoms with Gasteiger partial charge in [0.2, 0.25) is 0 Å². The molecule has 0 bridgehead atoms. The van der Waals surface area contributed by atoms with Crippen LogP contribution in [0.4, 0.5) is 5.82 Å². The molecule has 25 heavy (non-hydrogen) atoms. The predicted octanol–water partition coefficient (Wildman–Crippen LogP) is 2.43. The van der Waals surface area contributed by atoms with Crippen LogP contribution >= 0.6 is 0 Å². The summed E-state index contributed by atoms with van der Waals surface area (Å²) in [6, 6.07) is 9.81. The van der Waals surface area contributed by atoms with Crippen LogP contribution in [0.1, 0.15) is 36.0 Å². The lowest BCUT2D eigenvalue weighted by molar-refractivity contribution is -0.142. The number of carbonyl (C=O) groups excluding carboxylic acids is 1. The molecular formula is C19H21N3O3. The standard InChI is InChI=1S/C19H21N3O3/c23-18(20-13-5-6-13)15-11-17(21-16-4-2-1-3-14(15)16)22-9-7-12(8-10-22)19(24)25/h1-4,11-13H,5-10H2,(H,20,23)(H,24,25). The second-order valence-electron chi connectivity index (χ2n) is 6.89. The molecule has 4 rings (SSSR count). The number of piperidine rings is 1. The highest BCUT2D eigenvalue weighted by molar-refractivity contribution is 6.07. The third-order valence-electron chi connectivity index (χ3n) is 5.03. The number of pyridine rings is 1. The van der Waals surface area contributed by atoms with Gasteiger partial charge >= 0.3 is 5.97 Å². The Bertz CT molecular complexity index is 824. The van der Waals surface area contributed by atoms with Crippen molar-refractivity contribution in [2.45, 2.75) is 31.7 Å². The van der Waals surface area contributed by atoms with E-state index in [-0.39, 0.29) is 11.8 Å². The summed E-state index contributed by atoms with van der Waals surface area (Å²) >= 11 is 0. The summed E-state index contributed by atoms with van der Waals surface area (Å²) in [4.78, 5) is 30.6. The average Bonchev–Trinajstić information content (AvgIpc) is 3.44. The Morgan fingerprint density at radius 1 is 1.12 bits per heavy atom. The molecule has 6 nitrogen and oxygen atoms in total. The van der Waals surface area contributed by atoms with Gasteiger partial charge in [-0.05, 0) is 37.8 Å². The van der Waals surface area contributed by atoms with Crippen molar-refractivity contribution in [3.8, 4) is 0 Å². The molecule has 2 fully saturated rings. The summed E-state index contributed by atoms with van der Waals surface area (Å²) < 4.78 is 0. The molecule has 1 amide bonds. The zero-order valence-electron chi connectivity index (χ0n) is 13.9. The first-order valence-electron chi connectivity index (χ1n) is 8.80. The smallest absolute Gasteiger partial charge is 0.306 e. The summed E-state index contributed by atoms with van der Waals surface area (Å²) in [5.74, 6) is -0.309. The Morgan fingerprint density at radius 3 is 2.52 bits per heavy atom. The van der Waals surface area contributed by atoms with E-state index in [2.05, 4.69) is 10.2 Å². The van der Waals surface area contributed by atoms with E-state index in [0.717, 1.165) is 29.6 Å². The molecule has 2 heterocycles. The Kier molecular flexibility index (Phi) is 4.03. The fraction of sp³-hybridized carbons (Fsp3) is 0.421. The van der Waals surface area contributed by atoms with E-state index in [1.807, 2.05) is 30.3 Å². The van der Waals surface area contributed by atoms with Gasteiger partial charge in [-0.2, -0.15) is 0 Å². The highest BCUT2D eigenvalue weighted by atomic mass is 16.4. The van der Waals surface area contributed by atoms with Gasteiger partial charge in [0, 0.05) is 24.5 Å². The zero-order chi connectivity index (χ0) is 17.4. The fourth-order valence-electron chi connectivity index (χ4n) is 3.36. The van der Waals surface area contributed by atoms with E-state index in [4.69, 9.17) is 10.1 Å². The van der Waals surface area contributed by atoms with Crippen molar-refractivity contribution in [2.75, 3.05) is 18.0 Å². The van der Waals surface area contributed by atoms with E-state index in [9.17, 15) is 9.59 Å². The number of carbonyl (C=O) groups is 2. The van der Waals surface area contributed by atoms with Crippen molar-refractivity contribution in [3.05, 3.63) is 35.9 Å². The largest absolute Gasteiger partial charge is 0.481 e. The molecule has 2 aliphatic rings. The van der Waals surface area contributed by atoms with Gasteiger partial charge in [-0.25, -0.2) is 4.98 Å². The maximum absolute atomic E-state index is 12.7. The third kappa shape index (κ3) is 3.29. The minimum atomic E-state index is -0.726. The first-order valence-corrected chi connectivity index (χ1v) is 8.80. The molecular weight excluding hydrogens is 318 g/mol. The molecule has 0 radical (unpaired) electrons. The lowest BCUT2D eigenvalue weighted by Crippen LogP contribution is -2.37. The SMILES string of the molecule is O=C(NC1CC1)c1cc(N2CCC(C(=O)O)CC2)nc2ccccc12. The summed E-state index contributed by atoms with van der Waals surface area (Å²) in [6.45, 7) is 1.29. The van der Waals surface area contributed by atoms with Crippen molar-refractivity contribution >= 4 is 28.6 Å². The number of para-hydroxylation sites is 1. The highest BCUT2D eigenvalue weighted by Crippen LogP contribution is 2.28. The van der Waals surface area contributed by atoms with Gasteiger partial charge in [0.15, 0.2) is 0 Å². The van der Waals surface area contributed by atoms with Gasteiger partial charge in [-0.3, -0.25) is 9.59 Å². The number of aromatic nitrogens is 1. The number of benzene rings is 1. The van der Waals surface area contributed by atoms with Gasteiger partial charge < -0.3 is 15.3 Å². The molecule has 0 unspecified atom stereocenters. The lowest BCUT2D eigenvalue weighted by Gasteiger charge is -2.31. The van der Waals surface area contributed by atoms with Crippen molar-refractivity contribution in [1.82, 2.24) is 10.3 Å². The van der Waals surface area contributed by atoms with Crippen molar-refractivity contribution in [1.29, 1.82) is 0 Å². The topological polar surface area (TPSA) is 82.5 Å². The Hall–Kier alpha value is -2.63. The Labute approximate surface area is 145 Å². The molecule has 1 aromatic carbocycles. The van der Waals surface area contributed by atoms with E-state index in [1.54, 1.807) is 0 Å². The maximum atomic E-state index is 12.7. The van der Waals surface area contributed by atoms with Crippen LogP contribution in [-0.2, 0) is 4.79 Å². The minimum Gasteiger partial charge on any atom is -0.481 e. The average molecular weight is 339 g/mol. The second-order valence-corrected chi connectivity index (χ2v) is 6.89. The molecule has 130 valence electrons. The third-order valence-corrected chi connectivity index (χ3v) is 5.03.